The lowest BCUT2D eigenvalue weighted by Gasteiger charge is -2.41. The van der Waals surface area contributed by atoms with Crippen molar-refractivity contribution in [1.29, 1.82) is 0 Å². The number of hydrogen-bond acceptors (Lipinski definition) is 4. The molecule has 3 fully saturated rings. The Hall–Kier alpha value is -2.12. The van der Waals surface area contributed by atoms with Crippen LogP contribution in [0, 0.1) is 12.8 Å². The zero-order valence-electron chi connectivity index (χ0n) is 21.3. The number of piperazine rings is 1. The molecule has 3 aliphatic rings. The molecule has 0 radical (unpaired) electrons. The van der Waals surface area contributed by atoms with Gasteiger partial charge < -0.3 is 15.1 Å². The first-order valence-corrected chi connectivity index (χ1v) is 13.6. The first-order valence-electron chi connectivity index (χ1n) is 13.2. The molecule has 2 atom stereocenters. The van der Waals surface area contributed by atoms with Crippen LogP contribution in [0.3, 0.4) is 0 Å². The van der Waals surface area contributed by atoms with E-state index in [4.69, 9.17) is 11.6 Å². The average Bonchev–Trinajstić information content (AvgIpc) is 3.54. The summed E-state index contributed by atoms with van der Waals surface area (Å²) in [6.07, 6.45) is 6.35. The fourth-order valence-electron chi connectivity index (χ4n) is 5.94. The molecule has 4 rings (SSSR count). The van der Waals surface area contributed by atoms with Gasteiger partial charge in [0, 0.05) is 61.8 Å². The smallest absolute Gasteiger partial charge is 0.247 e. The summed E-state index contributed by atoms with van der Waals surface area (Å²) in [4.78, 5) is 44.4. The van der Waals surface area contributed by atoms with E-state index in [-0.39, 0.29) is 23.8 Å². The topological polar surface area (TPSA) is 73.0 Å². The molecule has 2 aliphatic heterocycles. The Morgan fingerprint density at radius 2 is 1.77 bits per heavy atom. The SMILES string of the molecule is CCC(=O)N1CCCC1C(=O)Nc1cc(Cl)cc(CN2CCN(C(=O)C3CCCC3)C(C)C2)c1C. The Bertz CT molecular complexity index is 962. The Balaban J connectivity index is 1.40. The normalized spacial score (nSPS) is 23.7. The van der Waals surface area contributed by atoms with Gasteiger partial charge in [-0.1, -0.05) is 31.4 Å². The Morgan fingerprint density at radius 3 is 2.46 bits per heavy atom. The molecule has 35 heavy (non-hydrogen) atoms. The lowest BCUT2D eigenvalue weighted by atomic mass is 10.0. The number of nitrogens with one attached hydrogen (secondary N) is 1. The van der Waals surface area contributed by atoms with Gasteiger partial charge in [-0.3, -0.25) is 19.3 Å². The fourth-order valence-corrected chi connectivity index (χ4v) is 6.18. The van der Waals surface area contributed by atoms with E-state index < -0.39 is 6.04 Å². The predicted octanol–water partition coefficient (Wildman–Crippen LogP) is 4.21. The van der Waals surface area contributed by atoms with Crippen LogP contribution in [0.2, 0.25) is 5.02 Å². The van der Waals surface area contributed by atoms with Crippen molar-refractivity contribution in [2.45, 2.75) is 84.3 Å². The molecular formula is C27H39ClN4O3. The van der Waals surface area contributed by atoms with E-state index in [2.05, 4.69) is 22.0 Å². The number of nitrogens with zero attached hydrogens (tertiary/aromatic N) is 3. The number of benzene rings is 1. The van der Waals surface area contributed by atoms with Gasteiger partial charge in [0.2, 0.25) is 17.7 Å². The molecule has 2 heterocycles. The molecule has 1 aliphatic carbocycles. The molecule has 1 aromatic carbocycles. The summed E-state index contributed by atoms with van der Waals surface area (Å²) in [6, 6.07) is 3.52. The van der Waals surface area contributed by atoms with E-state index in [1.165, 1.54) is 12.8 Å². The second kappa shape index (κ2) is 11.3. The highest BCUT2D eigenvalue weighted by Crippen LogP contribution is 2.30. The number of carbonyl (C=O) groups excluding carboxylic acids is 3. The highest BCUT2D eigenvalue weighted by atomic mass is 35.5. The predicted molar refractivity (Wildman–Crippen MR) is 138 cm³/mol. The summed E-state index contributed by atoms with van der Waals surface area (Å²) in [6.45, 7) is 9.73. The summed E-state index contributed by atoms with van der Waals surface area (Å²) in [5.41, 5.74) is 2.77. The number of likely N-dealkylation sites (tertiary alicyclic amines) is 1. The number of carbonyl (C=O) groups is 3. The lowest BCUT2D eigenvalue weighted by Crippen LogP contribution is -2.54. The summed E-state index contributed by atoms with van der Waals surface area (Å²) in [5, 5.41) is 3.63. The van der Waals surface area contributed by atoms with Crippen LogP contribution < -0.4 is 5.32 Å². The van der Waals surface area contributed by atoms with E-state index >= 15 is 0 Å². The van der Waals surface area contributed by atoms with Gasteiger partial charge in [-0.05, 0) is 62.8 Å². The summed E-state index contributed by atoms with van der Waals surface area (Å²) in [7, 11) is 0. The first-order chi connectivity index (χ1) is 16.8. The fraction of sp³-hybridized carbons (Fsp3) is 0.667. The number of hydrogen-bond donors (Lipinski definition) is 1. The quantitative estimate of drug-likeness (QED) is 0.632. The molecular weight excluding hydrogens is 464 g/mol. The van der Waals surface area contributed by atoms with Gasteiger partial charge in [0.15, 0.2) is 0 Å². The molecule has 3 amide bonds. The minimum atomic E-state index is -0.421. The molecule has 2 saturated heterocycles. The van der Waals surface area contributed by atoms with Crippen molar-refractivity contribution >= 4 is 35.0 Å². The van der Waals surface area contributed by atoms with Crippen molar-refractivity contribution in [3.05, 3.63) is 28.3 Å². The van der Waals surface area contributed by atoms with E-state index in [0.29, 0.717) is 36.0 Å². The molecule has 192 valence electrons. The Labute approximate surface area is 214 Å². The van der Waals surface area contributed by atoms with Crippen molar-refractivity contribution in [2.75, 3.05) is 31.5 Å². The molecule has 1 aromatic rings. The number of anilines is 1. The van der Waals surface area contributed by atoms with Crippen molar-refractivity contribution < 1.29 is 14.4 Å². The maximum absolute atomic E-state index is 13.1. The van der Waals surface area contributed by atoms with Crippen molar-refractivity contribution in [3.63, 3.8) is 0 Å². The van der Waals surface area contributed by atoms with Crippen LogP contribution in [0.1, 0.15) is 69.9 Å². The Kier molecular flexibility index (Phi) is 8.38. The molecule has 0 aromatic heterocycles. The van der Waals surface area contributed by atoms with E-state index in [0.717, 1.165) is 56.6 Å². The van der Waals surface area contributed by atoms with Crippen molar-refractivity contribution in [1.82, 2.24) is 14.7 Å². The second-order valence-corrected chi connectivity index (χ2v) is 10.9. The highest BCUT2D eigenvalue weighted by molar-refractivity contribution is 6.31. The van der Waals surface area contributed by atoms with Crippen LogP contribution in [-0.2, 0) is 20.9 Å². The van der Waals surface area contributed by atoms with Crippen LogP contribution in [0.5, 0.6) is 0 Å². The zero-order valence-corrected chi connectivity index (χ0v) is 22.1. The Morgan fingerprint density at radius 1 is 1.03 bits per heavy atom. The first kappa shape index (κ1) is 26.0. The van der Waals surface area contributed by atoms with Gasteiger partial charge in [0.25, 0.3) is 0 Å². The summed E-state index contributed by atoms with van der Waals surface area (Å²) >= 11 is 6.46. The molecule has 7 nitrogen and oxygen atoms in total. The third kappa shape index (κ3) is 5.83. The highest BCUT2D eigenvalue weighted by Gasteiger charge is 2.35. The molecule has 1 N–H and O–H groups in total. The van der Waals surface area contributed by atoms with Gasteiger partial charge in [0.1, 0.15) is 6.04 Å². The maximum atomic E-state index is 13.1. The number of halogens is 1. The van der Waals surface area contributed by atoms with Crippen molar-refractivity contribution in [2.24, 2.45) is 5.92 Å². The molecule has 0 bridgehead atoms. The van der Waals surface area contributed by atoms with Gasteiger partial charge in [-0.25, -0.2) is 0 Å². The van der Waals surface area contributed by atoms with Crippen LogP contribution >= 0.6 is 11.6 Å². The van der Waals surface area contributed by atoms with Gasteiger partial charge in [-0.15, -0.1) is 0 Å². The molecule has 1 saturated carbocycles. The zero-order chi connectivity index (χ0) is 25.1. The standard InChI is InChI=1S/C27H39ClN4O3/c1-4-25(33)32-11-7-10-24(32)26(34)29-23-15-22(28)14-21(19(23)3)17-30-12-13-31(18(2)16-30)27(35)20-8-5-6-9-20/h14-15,18,20,24H,4-13,16-17H2,1-3H3,(H,29,34). The minimum absolute atomic E-state index is 0.0193. The van der Waals surface area contributed by atoms with Crippen molar-refractivity contribution in [3.8, 4) is 0 Å². The average molecular weight is 503 g/mol. The number of amides is 3. The monoisotopic (exact) mass is 502 g/mol. The van der Waals surface area contributed by atoms with Crippen LogP contribution in [0.25, 0.3) is 0 Å². The summed E-state index contributed by atoms with van der Waals surface area (Å²) < 4.78 is 0. The minimum Gasteiger partial charge on any atom is -0.337 e. The largest absolute Gasteiger partial charge is 0.337 e. The third-order valence-corrected chi connectivity index (χ3v) is 8.23. The van der Waals surface area contributed by atoms with E-state index in [9.17, 15) is 14.4 Å². The van der Waals surface area contributed by atoms with Gasteiger partial charge in [-0.2, -0.15) is 0 Å². The van der Waals surface area contributed by atoms with E-state index in [1.807, 2.05) is 19.9 Å². The van der Waals surface area contributed by atoms with Gasteiger partial charge >= 0.3 is 0 Å². The lowest BCUT2D eigenvalue weighted by molar-refractivity contribution is -0.140. The molecule has 2 unspecified atom stereocenters. The van der Waals surface area contributed by atoms with E-state index in [1.54, 1.807) is 11.0 Å². The van der Waals surface area contributed by atoms with Crippen LogP contribution in [-0.4, -0.2) is 70.7 Å². The van der Waals surface area contributed by atoms with Crippen LogP contribution in [0.15, 0.2) is 12.1 Å². The molecule has 8 heteroatoms. The number of rotatable bonds is 6. The van der Waals surface area contributed by atoms with Gasteiger partial charge in [0.05, 0.1) is 0 Å². The molecule has 0 spiro atoms. The third-order valence-electron chi connectivity index (χ3n) is 8.01. The van der Waals surface area contributed by atoms with Crippen LogP contribution in [0.4, 0.5) is 5.69 Å². The maximum Gasteiger partial charge on any atom is 0.247 e. The summed E-state index contributed by atoms with van der Waals surface area (Å²) in [5.74, 6) is 0.425. The second-order valence-electron chi connectivity index (χ2n) is 10.4.